The van der Waals surface area contributed by atoms with Gasteiger partial charge in [-0.25, -0.2) is 13.8 Å². The van der Waals surface area contributed by atoms with Crippen molar-refractivity contribution in [3.63, 3.8) is 0 Å². The molecule has 88 valence electrons. The second-order valence-corrected chi connectivity index (χ2v) is 3.87. The zero-order chi connectivity index (χ0) is 12.4. The Labute approximate surface area is 102 Å². The van der Waals surface area contributed by atoms with Gasteiger partial charge in [0.15, 0.2) is 17.4 Å². The molecule has 0 amide bonds. The first-order valence-electron chi connectivity index (χ1n) is 4.82. The van der Waals surface area contributed by atoms with Gasteiger partial charge in [0, 0.05) is 6.20 Å². The van der Waals surface area contributed by atoms with E-state index in [1.54, 1.807) is 19.1 Å². The first kappa shape index (κ1) is 11.8. The van der Waals surface area contributed by atoms with Crippen LogP contribution in [0.25, 0.3) is 0 Å². The van der Waals surface area contributed by atoms with E-state index in [-0.39, 0.29) is 16.7 Å². The van der Waals surface area contributed by atoms with Gasteiger partial charge in [0.25, 0.3) is 5.88 Å². The van der Waals surface area contributed by atoms with E-state index in [4.69, 9.17) is 16.3 Å². The van der Waals surface area contributed by atoms with Crippen LogP contribution in [-0.4, -0.2) is 4.98 Å². The smallest absolute Gasteiger partial charge is 0.256 e. The standard InChI is InChI=1S/C12H8ClF2NO/c1-7-3-2-4-10(11(7)15)17-12-9(14)5-8(13)6-16-12/h2-6H,1H3. The molecule has 0 N–H and O–H groups in total. The van der Waals surface area contributed by atoms with Crippen LogP contribution in [-0.2, 0) is 0 Å². The molecule has 0 fully saturated rings. The van der Waals surface area contributed by atoms with E-state index < -0.39 is 11.6 Å². The summed E-state index contributed by atoms with van der Waals surface area (Å²) in [6.07, 6.45) is 1.23. The molecule has 0 saturated carbocycles. The van der Waals surface area contributed by atoms with E-state index in [0.717, 1.165) is 6.07 Å². The molecule has 0 atom stereocenters. The van der Waals surface area contributed by atoms with E-state index in [1.165, 1.54) is 12.3 Å². The summed E-state index contributed by atoms with van der Waals surface area (Å²) in [5.74, 6) is -1.65. The summed E-state index contributed by atoms with van der Waals surface area (Å²) in [5, 5.41) is 0.152. The van der Waals surface area contributed by atoms with Crippen molar-refractivity contribution in [2.24, 2.45) is 0 Å². The average molecular weight is 256 g/mol. The number of rotatable bonds is 2. The van der Waals surface area contributed by atoms with E-state index in [1.807, 2.05) is 0 Å². The lowest BCUT2D eigenvalue weighted by molar-refractivity contribution is 0.397. The summed E-state index contributed by atoms with van der Waals surface area (Å²) in [4.78, 5) is 3.65. The van der Waals surface area contributed by atoms with Crippen LogP contribution in [0.15, 0.2) is 30.5 Å². The topological polar surface area (TPSA) is 22.1 Å². The summed E-state index contributed by atoms with van der Waals surface area (Å²) in [6, 6.07) is 5.66. The molecule has 0 saturated heterocycles. The lowest BCUT2D eigenvalue weighted by atomic mass is 10.2. The zero-order valence-corrected chi connectivity index (χ0v) is 9.63. The van der Waals surface area contributed by atoms with Crippen LogP contribution in [0.4, 0.5) is 8.78 Å². The molecule has 0 aliphatic heterocycles. The molecule has 0 spiro atoms. The maximum Gasteiger partial charge on any atom is 0.256 e. The van der Waals surface area contributed by atoms with Crippen molar-refractivity contribution < 1.29 is 13.5 Å². The molecule has 5 heteroatoms. The molecule has 2 nitrogen and oxygen atoms in total. The summed E-state index contributed by atoms with van der Waals surface area (Å²) < 4.78 is 32.0. The van der Waals surface area contributed by atoms with Crippen LogP contribution in [0.1, 0.15) is 5.56 Å². The fourth-order valence-corrected chi connectivity index (χ4v) is 1.43. The molecule has 0 aliphatic rings. The number of benzene rings is 1. The molecule has 0 aliphatic carbocycles. The third-order valence-corrected chi connectivity index (χ3v) is 2.34. The highest BCUT2D eigenvalue weighted by Crippen LogP contribution is 2.27. The van der Waals surface area contributed by atoms with Crippen molar-refractivity contribution in [2.45, 2.75) is 6.92 Å². The maximum absolute atomic E-state index is 13.6. The van der Waals surface area contributed by atoms with Gasteiger partial charge in [0.2, 0.25) is 0 Å². The molecule has 17 heavy (non-hydrogen) atoms. The molecule has 0 bridgehead atoms. The predicted molar refractivity (Wildman–Crippen MR) is 60.4 cm³/mol. The number of halogens is 3. The Morgan fingerprint density at radius 2 is 2.06 bits per heavy atom. The number of hydrogen-bond acceptors (Lipinski definition) is 2. The number of aromatic nitrogens is 1. The summed E-state index contributed by atoms with van der Waals surface area (Å²) in [7, 11) is 0. The fraction of sp³-hybridized carbons (Fsp3) is 0.0833. The summed E-state index contributed by atoms with van der Waals surface area (Å²) >= 11 is 5.54. The van der Waals surface area contributed by atoms with Crippen molar-refractivity contribution in [1.82, 2.24) is 4.98 Å². The van der Waals surface area contributed by atoms with Gasteiger partial charge in [0.05, 0.1) is 5.02 Å². The van der Waals surface area contributed by atoms with Gasteiger partial charge in [-0.1, -0.05) is 23.7 Å². The highest BCUT2D eigenvalue weighted by molar-refractivity contribution is 6.30. The van der Waals surface area contributed by atoms with Crippen LogP contribution in [0, 0.1) is 18.6 Å². The van der Waals surface area contributed by atoms with Gasteiger partial charge in [0.1, 0.15) is 0 Å². The molecule has 1 heterocycles. The highest BCUT2D eigenvalue weighted by atomic mass is 35.5. The van der Waals surface area contributed by atoms with Gasteiger partial charge in [-0.3, -0.25) is 0 Å². The molecule has 1 aromatic heterocycles. The molecule has 2 aromatic rings. The van der Waals surface area contributed by atoms with E-state index in [2.05, 4.69) is 4.98 Å². The summed E-state index contributed by atoms with van der Waals surface area (Å²) in [6.45, 7) is 1.59. The lowest BCUT2D eigenvalue weighted by Crippen LogP contribution is -1.95. The minimum atomic E-state index is -0.738. The number of nitrogens with zero attached hydrogens (tertiary/aromatic N) is 1. The van der Waals surface area contributed by atoms with Gasteiger partial charge >= 0.3 is 0 Å². The predicted octanol–water partition coefficient (Wildman–Crippen LogP) is 4.11. The number of aryl methyl sites for hydroxylation is 1. The van der Waals surface area contributed by atoms with Crippen LogP contribution in [0.5, 0.6) is 11.6 Å². The fourth-order valence-electron chi connectivity index (χ4n) is 1.28. The largest absolute Gasteiger partial charge is 0.433 e. The Morgan fingerprint density at radius 3 is 2.76 bits per heavy atom. The molecule has 0 unspecified atom stereocenters. The molecular weight excluding hydrogens is 248 g/mol. The van der Waals surface area contributed by atoms with Crippen molar-refractivity contribution >= 4 is 11.6 Å². The minimum absolute atomic E-state index is 0.0706. The van der Waals surface area contributed by atoms with Gasteiger partial charge in [-0.2, -0.15) is 0 Å². The second kappa shape index (κ2) is 4.67. The quantitative estimate of drug-likeness (QED) is 0.805. The van der Waals surface area contributed by atoms with Crippen molar-refractivity contribution in [2.75, 3.05) is 0 Å². The second-order valence-electron chi connectivity index (χ2n) is 3.43. The number of ether oxygens (including phenoxy) is 1. The normalized spacial score (nSPS) is 10.4. The maximum atomic E-state index is 13.6. The lowest BCUT2D eigenvalue weighted by Gasteiger charge is -2.07. The van der Waals surface area contributed by atoms with Crippen molar-refractivity contribution in [1.29, 1.82) is 0 Å². The van der Waals surface area contributed by atoms with E-state index >= 15 is 0 Å². The molecule has 1 aromatic carbocycles. The van der Waals surface area contributed by atoms with Gasteiger partial charge < -0.3 is 4.74 Å². The molecule has 2 rings (SSSR count). The Balaban J connectivity index is 2.35. The van der Waals surface area contributed by atoms with Gasteiger partial charge in [-0.15, -0.1) is 0 Å². The SMILES string of the molecule is Cc1cccc(Oc2ncc(Cl)cc2F)c1F. The number of pyridine rings is 1. The van der Waals surface area contributed by atoms with Gasteiger partial charge in [-0.05, 0) is 24.6 Å². The minimum Gasteiger partial charge on any atom is -0.433 e. The Kier molecular flexibility index (Phi) is 3.24. The number of hydrogen-bond donors (Lipinski definition) is 0. The monoisotopic (exact) mass is 255 g/mol. The van der Waals surface area contributed by atoms with E-state index in [9.17, 15) is 8.78 Å². The zero-order valence-electron chi connectivity index (χ0n) is 8.88. The Hall–Kier alpha value is -1.68. The third-order valence-electron chi connectivity index (χ3n) is 2.14. The van der Waals surface area contributed by atoms with Crippen LogP contribution in [0.3, 0.4) is 0 Å². The average Bonchev–Trinajstić information content (AvgIpc) is 2.28. The first-order valence-corrected chi connectivity index (χ1v) is 5.20. The van der Waals surface area contributed by atoms with E-state index in [0.29, 0.717) is 5.56 Å². The molecular formula is C12H8ClF2NO. The Morgan fingerprint density at radius 1 is 1.29 bits per heavy atom. The van der Waals surface area contributed by atoms with Crippen LogP contribution in [0.2, 0.25) is 5.02 Å². The van der Waals surface area contributed by atoms with Crippen LogP contribution >= 0.6 is 11.6 Å². The molecule has 0 radical (unpaired) electrons. The Bertz CT molecular complexity index is 560. The summed E-state index contributed by atoms with van der Waals surface area (Å²) in [5.41, 5.74) is 0.414. The van der Waals surface area contributed by atoms with Crippen molar-refractivity contribution in [3.05, 3.63) is 52.7 Å². The third kappa shape index (κ3) is 2.53. The van der Waals surface area contributed by atoms with Crippen molar-refractivity contribution in [3.8, 4) is 11.6 Å². The van der Waals surface area contributed by atoms with Crippen LogP contribution < -0.4 is 4.74 Å². The highest BCUT2D eigenvalue weighted by Gasteiger charge is 2.11. The first-order chi connectivity index (χ1) is 8.08.